The van der Waals surface area contributed by atoms with Crippen molar-refractivity contribution in [2.24, 2.45) is 11.8 Å². The predicted molar refractivity (Wildman–Crippen MR) is 159 cm³/mol. The third-order valence-corrected chi connectivity index (χ3v) is 25.8. The van der Waals surface area contributed by atoms with E-state index in [9.17, 15) is 5.11 Å². The Kier molecular flexibility index (Phi) is 11.0. The Morgan fingerprint density at radius 2 is 1.73 bits per heavy atom. The van der Waals surface area contributed by atoms with E-state index in [4.69, 9.17) is 4.74 Å². The van der Waals surface area contributed by atoms with E-state index in [1.165, 1.54) is 57.9 Å². The van der Waals surface area contributed by atoms with Gasteiger partial charge in [0.15, 0.2) is 0 Å². The van der Waals surface area contributed by atoms with Gasteiger partial charge in [0, 0.05) is 0 Å². The SMILES string of the molecule is CCC[CH2][Sn]([CH2]CCC)([CH2]CCC)[CH2]CC1CN2CCC1CC2C(O)c1ccnc2ccc(OC)cc12. The second-order valence-electron chi connectivity index (χ2n) is 12.2. The number of hydrogen-bond donors (Lipinski definition) is 1. The number of aliphatic hydroxyl groups excluding tert-OH is 1. The number of pyridine rings is 1. The van der Waals surface area contributed by atoms with Crippen LogP contribution in [0, 0.1) is 11.8 Å². The van der Waals surface area contributed by atoms with E-state index in [2.05, 4.69) is 30.7 Å². The quantitative estimate of drug-likeness (QED) is 0.205. The molecule has 4 nitrogen and oxygen atoms in total. The standard InChI is InChI=1S/C20H25N2O2.3C4H9.Sn/c1-3-13-12-22-9-7-14(13)10-19(22)20(23)16-6-8-21-18-5-4-15(24-2)11-17(16)18;3*1-3-4-2;/h4-6,8,11,13-14,19-20,23H,1,3,7,9-10,12H2,2H3;3*1,3-4H2,2H3;. The van der Waals surface area contributed by atoms with Crippen LogP contribution in [0.1, 0.15) is 90.2 Å². The van der Waals surface area contributed by atoms with Gasteiger partial charge in [-0.05, 0) is 0 Å². The van der Waals surface area contributed by atoms with E-state index in [-0.39, 0.29) is 6.04 Å². The zero-order valence-electron chi connectivity index (χ0n) is 24.1. The van der Waals surface area contributed by atoms with E-state index in [0.717, 1.165) is 47.0 Å². The second kappa shape index (κ2) is 14.0. The van der Waals surface area contributed by atoms with Crippen molar-refractivity contribution in [2.45, 2.75) is 108 Å². The average Bonchev–Trinajstić information content (AvgIpc) is 2.95. The third-order valence-electron chi connectivity index (χ3n) is 9.83. The van der Waals surface area contributed by atoms with Gasteiger partial charge >= 0.3 is 224 Å². The van der Waals surface area contributed by atoms with Crippen LogP contribution in [0.4, 0.5) is 0 Å². The predicted octanol–water partition coefficient (Wildman–Crippen LogP) is 8.23. The minimum absolute atomic E-state index is 0.223. The second-order valence-corrected chi connectivity index (χ2v) is 26.5. The molecule has 3 fully saturated rings. The summed E-state index contributed by atoms with van der Waals surface area (Å²) >= 11 is -2.08. The summed E-state index contributed by atoms with van der Waals surface area (Å²) in [6.45, 7) is 9.49. The molecule has 5 heteroatoms. The van der Waals surface area contributed by atoms with Crippen molar-refractivity contribution >= 4 is 29.3 Å². The number of ether oxygens (including phenoxy) is 1. The molecule has 206 valence electrons. The number of nitrogens with zero attached hydrogens (tertiary/aromatic N) is 2. The number of aliphatic hydroxyl groups is 1. The molecule has 3 aliphatic heterocycles. The van der Waals surface area contributed by atoms with Crippen molar-refractivity contribution < 1.29 is 9.84 Å². The Bertz CT molecular complexity index is 961. The molecule has 3 saturated heterocycles. The van der Waals surface area contributed by atoms with E-state index >= 15 is 0 Å². The molecule has 0 saturated carbocycles. The molecule has 5 unspecified atom stereocenters. The van der Waals surface area contributed by atoms with E-state index < -0.39 is 24.5 Å². The van der Waals surface area contributed by atoms with Gasteiger partial charge in [0.05, 0.1) is 7.11 Å². The van der Waals surface area contributed by atoms with Crippen LogP contribution in [0.3, 0.4) is 0 Å². The fourth-order valence-electron chi connectivity index (χ4n) is 7.47. The van der Waals surface area contributed by atoms with Crippen molar-refractivity contribution in [3.63, 3.8) is 0 Å². The van der Waals surface area contributed by atoms with Crippen molar-refractivity contribution in [1.29, 1.82) is 0 Å². The Hall–Kier alpha value is -0.851. The third kappa shape index (κ3) is 7.02. The Labute approximate surface area is 230 Å². The molecule has 37 heavy (non-hydrogen) atoms. The molecule has 4 heterocycles. The fraction of sp³-hybridized carbons (Fsp3) is 0.719. The normalized spacial score (nSPS) is 24.5. The van der Waals surface area contributed by atoms with Crippen LogP contribution >= 0.6 is 0 Å². The molecule has 5 atom stereocenters. The first-order valence-corrected chi connectivity index (χ1v) is 23.5. The number of fused-ring (bicyclic) bond motifs is 4. The monoisotopic (exact) mass is 616 g/mol. The van der Waals surface area contributed by atoms with Crippen molar-refractivity contribution in [2.75, 3.05) is 20.2 Å². The molecule has 3 aliphatic rings. The molecule has 5 rings (SSSR count). The molecular weight excluding hydrogens is 563 g/mol. The first kappa shape index (κ1) is 29.1. The molecule has 0 radical (unpaired) electrons. The zero-order valence-corrected chi connectivity index (χ0v) is 26.9. The maximum atomic E-state index is 11.7. The van der Waals surface area contributed by atoms with Crippen LogP contribution in [0.25, 0.3) is 10.9 Å². The summed E-state index contributed by atoms with van der Waals surface area (Å²) in [6.07, 6.45) is 13.8. The summed E-state index contributed by atoms with van der Waals surface area (Å²) in [7, 11) is 1.70. The van der Waals surface area contributed by atoms with Gasteiger partial charge in [-0.25, -0.2) is 0 Å². The van der Waals surface area contributed by atoms with Crippen LogP contribution in [0.2, 0.25) is 17.7 Å². The van der Waals surface area contributed by atoms with Gasteiger partial charge < -0.3 is 0 Å². The summed E-state index contributed by atoms with van der Waals surface area (Å²) in [6, 6.07) is 8.23. The molecule has 0 amide bonds. The van der Waals surface area contributed by atoms with Gasteiger partial charge in [0.2, 0.25) is 0 Å². The first-order valence-electron chi connectivity index (χ1n) is 15.4. The molecule has 1 aromatic carbocycles. The maximum absolute atomic E-state index is 11.7. The van der Waals surface area contributed by atoms with Crippen LogP contribution in [-0.4, -0.2) is 59.6 Å². The Morgan fingerprint density at radius 3 is 2.32 bits per heavy atom. The summed E-state index contributed by atoms with van der Waals surface area (Å²) in [5.41, 5.74) is 1.94. The molecule has 2 aromatic rings. The molecule has 2 bridgehead atoms. The van der Waals surface area contributed by atoms with Crippen LogP contribution in [-0.2, 0) is 0 Å². The van der Waals surface area contributed by atoms with E-state index in [1.54, 1.807) is 24.9 Å². The van der Waals surface area contributed by atoms with Gasteiger partial charge in [-0.3, -0.25) is 0 Å². The molecule has 0 spiro atoms. The van der Waals surface area contributed by atoms with E-state index in [0.29, 0.717) is 0 Å². The zero-order chi connectivity index (χ0) is 26.3. The van der Waals surface area contributed by atoms with Crippen LogP contribution in [0.15, 0.2) is 30.5 Å². The number of hydrogen-bond acceptors (Lipinski definition) is 4. The van der Waals surface area contributed by atoms with Gasteiger partial charge in [0.25, 0.3) is 0 Å². The number of rotatable bonds is 15. The van der Waals surface area contributed by atoms with Crippen molar-refractivity contribution in [3.05, 3.63) is 36.0 Å². The number of aromatic nitrogens is 1. The molecule has 0 aliphatic carbocycles. The topological polar surface area (TPSA) is 45.6 Å². The van der Waals surface area contributed by atoms with Crippen LogP contribution < -0.4 is 4.74 Å². The van der Waals surface area contributed by atoms with Crippen molar-refractivity contribution in [1.82, 2.24) is 9.88 Å². The molecule has 1 aromatic heterocycles. The summed E-state index contributed by atoms with van der Waals surface area (Å²) in [5.74, 6) is 2.44. The molecule has 1 N–H and O–H groups in total. The summed E-state index contributed by atoms with van der Waals surface area (Å²) in [5, 5.41) is 12.7. The number of unbranched alkanes of at least 4 members (excludes halogenated alkanes) is 3. The van der Waals surface area contributed by atoms with E-state index in [1.807, 2.05) is 30.5 Å². The number of benzene rings is 1. The summed E-state index contributed by atoms with van der Waals surface area (Å²) in [4.78, 5) is 7.18. The van der Waals surface area contributed by atoms with Gasteiger partial charge in [0.1, 0.15) is 0 Å². The molecular formula is C32H52N2O2Sn. The Balaban J connectivity index is 1.45. The van der Waals surface area contributed by atoms with Gasteiger partial charge in [-0.1, -0.05) is 0 Å². The number of methoxy groups -OCH3 is 1. The number of piperidine rings is 3. The summed E-state index contributed by atoms with van der Waals surface area (Å²) < 4.78 is 12.0. The minimum atomic E-state index is -2.08. The average molecular weight is 615 g/mol. The first-order chi connectivity index (χ1) is 18.0. The van der Waals surface area contributed by atoms with Crippen molar-refractivity contribution in [3.8, 4) is 5.75 Å². The van der Waals surface area contributed by atoms with Gasteiger partial charge in [-0.15, -0.1) is 0 Å². The Morgan fingerprint density at radius 1 is 1.03 bits per heavy atom. The fourth-order valence-corrected chi connectivity index (χ4v) is 24.0. The van der Waals surface area contributed by atoms with Crippen LogP contribution in [0.5, 0.6) is 5.75 Å². The van der Waals surface area contributed by atoms with Gasteiger partial charge in [-0.2, -0.15) is 0 Å².